The molecule has 2 fully saturated rings. The molecule has 2 saturated heterocycles. The Kier molecular flexibility index (Phi) is 6.10. The van der Waals surface area contributed by atoms with Gasteiger partial charge in [0.05, 0.1) is 0 Å². The molecule has 2 atom stereocenters. The van der Waals surface area contributed by atoms with E-state index in [1.807, 2.05) is 24.8 Å². The molecule has 3 aromatic heterocycles. The fourth-order valence-electron chi connectivity index (χ4n) is 5.27. The van der Waals surface area contributed by atoms with Gasteiger partial charge in [-0.25, -0.2) is 19.9 Å². The van der Waals surface area contributed by atoms with E-state index >= 15 is 0 Å². The monoisotopic (exact) mass is 434 g/mol. The highest BCUT2D eigenvalue weighted by Crippen LogP contribution is 2.28. The third-order valence-electron chi connectivity index (χ3n) is 7.11. The van der Waals surface area contributed by atoms with Gasteiger partial charge < -0.3 is 18.9 Å². The first-order chi connectivity index (χ1) is 15.7. The second-order valence-electron chi connectivity index (χ2n) is 9.46. The van der Waals surface area contributed by atoms with E-state index < -0.39 is 0 Å². The molecule has 0 saturated carbocycles. The summed E-state index contributed by atoms with van der Waals surface area (Å²) in [5.41, 5.74) is 0. The van der Waals surface area contributed by atoms with Crippen molar-refractivity contribution < 1.29 is 0 Å². The van der Waals surface area contributed by atoms with Crippen molar-refractivity contribution in [1.82, 2.24) is 29.1 Å². The Labute approximate surface area is 190 Å². The van der Waals surface area contributed by atoms with Crippen LogP contribution in [0.3, 0.4) is 0 Å². The number of imidazole rings is 2. The van der Waals surface area contributed by atoms with Gasteiger partial charge in [0.2, 0.25) is 0 Å². The van der Waals surface area contributed by atoms with Gasteiger partial charge in [-0.05, 0) is 37.5 Å². The standard InChI is InChI=1S/C24H34N8/c1-29-11-7-25-21(29)13-19-5-3-9-31(16-19)23-15-24(28-18-27-23)32-10-4-6-20(17-32)14-22-26-8-12-30(22)2/h7-8,11-12,15,18-20H,3-6,9-10,13-14,16-17H2,1-2H3. The van der Waals surface area contributed by atoms with Crippen molar-refractivity contribution in [3.8, 4) is 0 Å². The van der Waals surface area contributed by atoms with E-state index in [9.17, 15) is 0 Å². The Morgan fingerprint density at radius 3 is 1.69 bits per heavy atom. The van der Waals surface area contributed by atoms with E-state index in [2.05, 4.69) is 59.0 Å². The fourth-order valence-corrected chi connectivity index (χ4v) is 5.27. The van der Waals surface area contributed by atoms with Gasteiger partial charge in [-0.1, -0.05) is 0 Å². The summed E-state index contributed by atoms with van der Waals surface area (Å²) in [6.45, 7) is 4.20. The van der Waals surface area contributed by atoms with Crippen LogP contribution in [0.5, 0.6) is 0 Å². The average Bonchev–Trinajstić information content (AvgIpc) is 3.42. The molecule has 0 aromatic carbocycles. The Hall–Kier alpha value is -2.90. The molecular formula is C24H34N8. The largest absolute Gasteiger partial charge is 0.356 e. The van der Waals surface area contributed by atoms with E-state index in [1.54, 1.807) is 6.33 Å². The highest BCUT2D eigenvalue weighted by Gasteiger charge is 2.25. The van der Waals surface area contributed by atoms with E-state index in [0.717, 1.165) is 50.7 Å². The molecule has 0 spiro atoms. The lowest BCUT2D eigenvalue weighted by Crippen LogP contribution is -2.38. The van der Waals surface area contributed by atoms with Crippen molar-refractivity contribution in [1.29, 1.82) is 0 Å². The van der Waals surface area contributed by atoms with Crippen molar-refractivity contribution in [3.63, 3.8) is 0 Å². The number of aromatic nitrogens is 6. The number of anilines is 2. The second-order valence-corrected chi connectivity index (χ2v) is 9.46. The third-order valence-corrected chi connectivity index (χ3v) is 7.11. The van der Waals surface area contributed by atoms with Crippen LogP contribution in [0.15, 0.2) is 37.2 Å². The van der Waals surface area contributed by atoms with E-state index in [4.69, 9.17) is 0 Å². The summed E-state index contributed by atoms with van der Waals surface area (Å²) >= 11 is 0. The summed E-state index contributed by atoms with van der Waals surface area (Å²) in [6, 6.07) is 2.20. The van der Waals surface area contributed by atoms with Crippen LogP contribution in [0.4, 0.5) is 11.6 Å². The van der Waals surface area contributed by atoms with Crippen molar-refractivity contribution in [2.24, 2.45) is 25.9 Å². The molecule has 2 aliphatic rings. The van der Waals surface area contributed by atoms with Gasteiger partial charge in [0.25, 0.3) is 0 Å². The molecular weight excluding hydrogens is 400 g/mol. The predicted octanol–water partition coefficient (Wildman–Crippen LogP) is 2.86. The summed E-state index contributed by atoms with van der Waals surface area (Å²) in [5.74, 6) is 5.69. The first-order valence-electron chi connectivity index (χ1n) is 11.9. The molecule has 5 rings (SSSR count). The van der Waals surface area contributed by atoms with Crippen LogP contribution in [0.25, 0.3) is 0 Å². The Balaban J connectivity index is 1.24. The van der Waals surface area contributed by atoms with Crippen molar-refractivity contribution in [2.75, 3.05) is 36.0 Å². The molecule has 8 nitrogen and oxygen atoms in total. The lowest BCUT2D eigenvalue weighted by Gasteiger charge is -2.35. The topological polar surface area (TPSA) is 67.9 Å². The SMILES string of the molecule is Cn1ccnc1CC1CCCN(c2cc(N3CCCC(Cc4nccn4C)C3)ncn2)C1. The zero-order valence-electron chi connectivity index (χ0n) is 19.3. The van der Waals surface area contributed by atoms with Gasteiger partial charge in [0.1, 0.15) is 29.6 Å². The van der Waals surface area contributed by atoms with Gasteiger partial charge in [0, 0.05) is 84.0 Å². The van der Waals surface area contributed by atoms with E-state index in [1.165, 1.54) is 37.3 Å². The van der Waals surface area contributed by atoms with Gasteiger partial charge in [-0.2, -0.15) is 0 Å². The van der Waals surface area contributed by atoms with Crippen molar-refractivity contribution in [3.05, 3.63) is 48.8 Å². The minimum Gasteiger partial charge on any atom is -0.356 e. The van der Waals surface area contributed by atoms with Crippen LogP contribution < -0.4 is 9.80 Å². The Morgan fingerprint density at radius 2 is 1.25 bits per heavy atom. The number of hydrogen-bond acceptors (Lipinski definition) is 6. The number of hydrogen-bond donors (Lipinski definition) is 0. The van der Waals surface area contributed by atoms with Crippen LogP contribution >= 0.6 is 0 Å². The lowest BCUT2D eigenvalue weighted by atomic mass is 9.94. The van der Waals surface area contributed by atoms with Gasteiger partial charge in [0.15, 0.2) is 0 Å². The first kappa shape index (κ1) is 21.0. The molecule has 2 unspecified atom stereocenters. The fraction of sp³-hybridized carbons (Fsp3) is 0.583. The summed E-state index contributed by atoms with van der Waals surface area (Å²) in [7, 11) is 4.17. The highest BCUT2D eigenvalue weighted by atomic mass is 15.2. The number of rotatable bonds is 6. The molecule has 5 heterocycles. The van der Waals surface area contributed by atoms with Crippen LogP contribution in [-0.2, 0) is 26.9 Å². The number of piperidine rings is 2. The molecule has 170 valence electrons. The quantitative estimate of drug-likeness (QED) is 0.594. The Bertz CT molecular complexity index is 947. The molecule has 2 aliphatic heterocycles. The van der Waals surface area contributed by atoms with Gasteiger partial charge in [-0.15, -0.1) is 0 Å². The van der Waals surface area contributed by atoms with Crippen LogP contribution in [0.1, 0.15) is 37.3 Å². The maximum Gasteiger partial charge on any atom is 0.134 e. The molecule has 8 heteroatoms. The summed E-state index contributed by atoms with van der Waals surface area (Å²) < 4.78 is 4.28. The Morgan fingerprint density at radius 1 is 0.750 bits per heavy atom. The summed E-state index contributed by atoms with van der Waals surface area (Å²) in [5, 5.41) is 0. The molecule has 0 radical (unpaired) electrons. The maximum absolute atomic E-state index is 4.65. The third kappa shape index (κ3) is 4.64. The minimum atomic E-state index is 0.611. The van der Waals surface area contributed by atoms with Crippen LogP contribution in [0, 0.1) is 11.8 Å². The zero-order valence-corrected chi connectivity index (χ0v) is 19.3. The summed E-state index contributed by atoms with van der Waals surface area (Å²) in [6.07, 6.45) is 16.6. The smallest absolute Gasteiger partial charge is 0.134 e. The minimum absolute atomic E-state index is 0.611. The normalized spacial score (nSPS) is 21.8. The molecule has 0 amide bonds. The zero-order chi connectivity index (χ0) is 21.9. The molecule has 0 N–H and O–H groups in total. The van der Waals surface area contributed by atoms with Crippen LogP contribution in [0.2, 0.25) is 0 Å². The lowest BCUT2D eigenvalue weighted by molar-refractivity contribution is 0.398. The number of aryl methyl sites for hydroxylation is 2. The predicted molar refractivity (Wildman–Crippen MR) is 126 cm³/mol. The van der Waals surface area contributed by atoms with Gasteiger partial charge in [-0.3, -0.25) is 0 Å². The molecule has 3 aromatic rings. The van der Waals surface area contributed by atoms with Crippen molar-refractivity contribution >= 4 is 11.6 Å². The summed E-state index contributed by atoms with van der Waals surface area (Å²) in [4.78, 5) is 23.2. The maximum atomic E-state index is 4.65. The van der Waals surface area contributed by atoms with Crippen LogP contribution in [-0.4, -0.2) is 55.2 Å². The molecule has 0 aliphatic carbocycles. The van der Waals surface area contributed by atoms with Gasteiger partial charge >= 0.3 is 0 Å². The highest BCUT2D eigenvalue weighted by molar-refractivity contribution is 5.50. The van der Waals surface area contributed by atoms with Crippen molar-refractivity contribution in [2.45, 2.75) is 38.5 Å². The van der Waals surface area contributed by atoms with E-state index in [-0.39, 0.29) is 0 Å². The van der Waals surface area contributed by atoms with E-state index in [0.29, 0.717) is 11.8 Å². The first-order valence-corrected chi connectivity index (χ1v) is 11.9. The molecule has 32 heavy (non-hydrogen) atoms. The number of nitrogens with zero attached hydrogens (tertiary/aromatic N) is 8. The second kappa shape index (κ2) is 9.30. The average molecular weight is 435 g/mol. The molecule has 0 bridgehead atoms.